The van der Waals surface area contributed by atoms with Crippen molar-refractivity contribution in [2.24, 2.45) is 5.92 Å². The summed E-state index contributed by atoms with van der Waals surface area (Å²) in [6.07, 6.45) is -3.04. The number of Topliss-reactive ketones (excluding diaryl/α,β-unsaturated/α-hetero) is 1. The number of allylic oxidation sites excluding steroid dienone is 1. The van der Waals surface area contributed by atoms with E-state index in [0.717, 1.165) is 0 Å². The van der Waals surface area contributed by atoms with Gasteiger partial charge in [0.25, 0.3) is 0 Å². The van der Waals surface area contributed by atoms with Gasteiger partial charge in [0.2, 0.25) is 0 Å². The molecule has 0 aromatic heterocycles. The van der Waals surface area contributed by atoms with E-state index in [-0.39, 0.29) is 12.2 Å². The molecule has 6 heteroatoms. The number of nitrogens with zero attached hydrogens (tertiary/aromatic N) is 2. The van der Waals surface area contributed by atoms with Gasteiger partial charge >= 0.3 is 6.18 Å². The third kappa shape index (κ3) is 2.43. The number of hydrogen-bond acceptors (Lipinski definition) is 3. The molecular weight excluding hydrogens is 209 g/mol. The number of likely N-dealkylation sites (tertiary alicyclic amines) is 1. The molecular formula is C9H13F3N2O. The lowest BCUT2D eigenvalue weighted by atomic mass is 10.1. The van der Waals surface area contributed by atoms with Crippen LogP contribution in [0.1, 0.15) is 0 Å². The van der Waals surface area contributed by atoms with Gasteiger partial charge in [-0.1, -0.05) is 0 Å². The van der Waals surface area contributed by atoms with Crippen molar-refractivity contribution in [2.75, 3.05) is 27.7 Å². The van der Waals surface area contributed by atoms with Gasteiger partial charge in [-0.2, -0.15) is 13.2 Å². The van der Waals surface area contributed by atoms with E-state index >= 15 is 0 Å². The molecule has 15 heavy (non-hydrogen) atoms. The van der Waals surface area contributed by atoms with Crippen LogP contribution in [0.4, 0.5) is 13.2 Å². The van der Waals surface area contributed by atoms with Gasteiger partial charge < -0.3 is 9.80 Å². The van der Waals surface area contributed by atoms with E-state index in [1.54, 1.807) is 19.0 Å². The fourth-order valence-corrected chi connectivity index (χ4v) is 1.48. The number of halogens is 3. The van der Waals surface area contributed by atoms with Crippen molar-refractivity contribution in [1.82, 2.24) is 9.80 Å². The van der Waals surface area contributed by atoms with Crippen molar-refractivity contribution in [2.45, 2.75) is 6.18 Å². The van der Waals surface area contributed by atoms with Crippen LogP contribution in [0.5, 0.6) is 0 Å². The molecule has 1 unspecified atom stereocenters. The minimum atomic E-state index is -4.45. The minimum Gasteiger partial charge on any atom is -0.382 e. The van der Waals surface area contributed by atoms with Gasteiger partial charge in [-0.05, 0) is 0 Å². The number of ketones is 1. The molecule has 0 aliphatic carbocycles. The molecule has 1 atom stereocenters. The predicted molar refractivity (Wildman–Crippen MR) is 49.0 cm³/mol. The van der Waals surface area contributed by atoms with E-state index in [1.165, 1.54) is 18.1 Å². The van der Waals surface area contributed by atoms with E-state index in [0.29, 0.717) is 0 Å². The molecule has 0 amide bonds. The molecule has 1 aliphatic heterocycles. The Kier molecular flexibility index (Phi) is 2.97. The summed E-state index contributed by atoms with van der Waals surface area (Å²) in [5.74, 6) is -2.73. The maximum atomic E-state index is 12.4. The van der Waals surface area contributed by atoms with Crippen molar-refractivity contribution in [3.8, 4) is 0 Å². The maximum Gasteiger partial charge on any atom is 0.400 e. The molecule has 0 saturated carbocycles. The molecule has 0 aromatic carbocycles. The molecule has 0 spiro atoms. The average Bonchev–Trinajstić information content (AvgIpc) is 2.30. The van der Waals surface area contributed by atoms with E-state index in [4.69, 9.17) is 0 Å². The number of alkyl halides is 3. The predicted octanol–water partition coefficient (Wildman–Crippen LogP) is 1.08. The van der Waals surface area contributed by atoms with Crippen molar-refractivity contribution in [3.05, 3.63) is 11.9 Å². The second-order valence-corrected chi connectivity index (χ2v) is 3.82. The standard InChI is InChI=1S/C9H13F3N2O/c1-13(2)5-7-8(15)6(4-14(7)3)9(10,11)12/h5-6H,4H2,1-3H3/b7-5+. The van der Waals surface area contributed by atoms with Crippen molar-refractivity contribution >= 4 is 5.78 Å². The zero-order valence-corrected chi connectivity index (χ0v) is 8.80. The maximum absolute atomic E-state index is 12.4. The summed E-state index contributed by atoms with van der Waals surface area (Å²) in [5, 5.41) is 0. The topological polar surface area (TPSA) is 23.6 Å². The molecule has 1 fully saturated rings. The van der Waals surface area contributed by atoms with Crippen LogP contribution in [-0.2, 0) is 4.79 Å². The quantitative estimate of drug-likeness (QED) is 0.620. The van der Waals surface area contributed by atoms with Crippen LogP contribution in [0.15, 0.2) is 11.9 Å². The Balaban J connectivity index is 2.94. The molecule has 1 rings (SSSR count). The highest BCUT2D eigenvalue weighted by molar-refractivity contribution is 5.99. The van der Waals surface area contributed by atoms with Crippen LogP contribution in [-0.4, -0.2) is 49.4 Å². The first-order valence-corrected chi connectivity index (χ1v) is 4.44. The first-order chi connectivity index (χ1) is 6.73. The minimum absolute atomic E-state index is 0.113. The fourth-order valence-electron chi connectivity index (χ4n) is 1.48. The fraction of sp³-hybridized carbons (Fsp3) is 0.667. The van der Waals surface area contributed by atoms with Crippen LogP contribution < -0.4 is 0 Å². The van der Waals surface area contributed by atoms with Crippen molar-refractivity contribution in [3.63, 3.8) is 0 Å². The smallest absolute Gasteiger partial charge is 0.382 e. The Hall–Kier alpha value is -1.20. The summed E-state index contributed by atoms with van der Waals surface area (Å²) in [4.78, 5) is 14.3. The highest BCUT2D eigenvalue weighted by Crippen LogP contribution is 2.34. The van der Waals surface area contributed by atoms with Gasteiger partial charge in [0.1, 0.15) is 5.92 Å². The van der Waals surface area contributed by atoms with Crippen LogP contribution >= 0.6 is 0 Å². The molecule has 3 nitrogen and oxygen atoms in total. The van der Waals surface area contributed by atoms with Gasteiger partial charge in [0.05, 0.1) is 5.70 Å². The third-order valence-electron chi connectivity index (χ3n) is 2.21. The largest absolute Gasteiger partial charge is 0.400 e. The summed E-state index contributed by atoms with van der Waals surface area (Å²) >= 11 is 0. The normalized spacial score (nSPS) is 25.2. The van der Waals surface area contributed by atoms with Crippen LogP contribution in [0, 0.1) is 5.92 Å². The second-order valence-electron chi connectivity index (χ2n) is 3.82. The Morgan fingerprint density at radius 1 is 1.47 bits per heavy atom. The summed E-state index contributed by atoms with van der Waals surface area (Å²) in [5.41, 5.74) is 0.113. The van der Waals surface area contributed by atoms with Gasteiger partial charge in [-0.3, -0.25) is 4.79 Å². The average molecular weight is 222 g/mol. The van der Waals surface area contributed by atoms with Gasteiger partial charge in [-0.25, -0.2) is 0 Å². The summed E-state index contributed by atoms with van der Waals surface area (Å²) in [6, 6.07) is 0. The molecule has 0 radical (unpaired) electrons. The second kappa shape index (κ2) is 3.75. The first-order valence-electron chi connectivity index (χ1n) is 4.44. The molecule has 0 bridgehead atoms. The number of carbonyl (C=O) groups is 1. The number of carbonyl (C=O) groups excluding carboxylic acids is 1. The van der Waals surface area contributed by atoms with Gasteiger partial charge in [0.15, 0.2) is 5.78 Å². The van der Waals surface area contributed by atoms with E-state index in [9.17, 15) is 18.0 Å². The number of hydrogen-bond donors (Lipinski definition) is 0. The van der Waals surface area contributed by atoms with Crippen LogP contribution in [0.25, 0.3) is 0 Å². The Bertz CT molecular complexity index is 296. The molecule has 86 valence electrons. The van der Waals surface area contributed by atoms with Crippen molar-refractivity contribution < 1.29 is 18.0 Å². The number of rotatable bonds is 1. The lowest BCUT2D eigenvalue weighted by Crippen LogP contribution is -2.29. The van der Waals surface area contributed by atoms with E-state index < -0.39 is 17.9 Å². The van der Waals surface area contributed by atoms with E-state index in [1.807, 2.05) is 0 Å². The van der Waals surface area contributed by atoms with Gasteiger partial charge in [-0.15, -0.1) is 0 Å². The van der Waals surface area contributed by atoms with Gasteiger partial charge in [0, 0.05) is 33.9 Å². The molecule has 1 aliphatic rings. The summed E-state index contributed by atoms with van der Waals surface area (Å²) < 4.78 is 37.2. The highest BCUT2D eigenvalue weighted by Gasteiger charge is 2.50. The summed E-state index contributed by atoms with van der Waals surface area (Å²) in [6.45, 7) is -0.290. The summed E-state index contributed by atoms with van der Waals surface area (Å²) in [7, 11) is 4.81. The Labute approximate surface area is 86.1 Å². The lowest BCUT2D eigenvalue weighted by molar-refractivity contribution is -0.175. The third-order valence-corrected chi connectivity index (χ3v) is 2.21. The SMILES string of the molecule is CN(C)/C=C1\C(=O)C(C(F)(F)F)CN1C. The monoisotopic (exact) mass is 222 g/mol. The molecule has 0 N–H and O–H groups in total. The van der Waals surface area contributed by atoms with Crippen LogP contribution in [0.2, 0.25) is 0 Å². The Morgan fingerprint density at radius 2 is 2.00 bits per heavy atom. The molecule has 0 aromatic rings. The lowest BCUT2D eigenvalue weighted by Gasteiger charge is -2.14. The van der Waals surface area contributed by atoms with Crippen LogP contribution in [0.3, 0.4) is 0 Å². The zero-order valence-electron chi connectivity index (χ0n) is 8.80. The first kappa shape index (κ1) is 11.9. The number of likely N-dealkylation sites (N-methyl/N-ethyl adjacent to an activating group) is 1. The van der Waals surface area contributed by atoms with E-state index in [2.05, 4.69) is 0 Å². The van der Waals surface area contributed by atoms with Crippen molar-refractivity contribution in [1.29, 1.82) is 0 Å². The Morgan fingerprint density at radius 3 is 2.33 bits per heavy atom. The zero-order chi connectivity index (χ0) is 11.8. The highest BCUT2D eigenvalue weighted by atomic mass is 19.4. The molecule has 1 heterocycles. The molecule has 1 saturated heterocycles.